The average molecular weight is 216 g/mol. The van der Waals surface area contributed by atoms with Crippen LogP contribution in [0.15, 0.2) is 0 Å². The molecule has 0 nitrogen and oxygen atoms in total. The predicted octanol–water partition coefficient (Wildman–Crippen LogP) is 4.35. The lowest BCUT2D eigenvalue weighted by Gasteiger charge is -2.37. The van der Waals surface area contributed by atoms with Crippen LogP contribution in [0.2, 0.25) is 5.82 Å². The number of hydrogen-bond donors (Lipinski definition) is 0. The van der Waals surface area contributed by atoms with E-state index in [-0.39, 0.29) is 0 Å². The second kappa shape index (κ2) is 4.74. The van der Waals surface area contributed by atoms with Crippen molar-refractivity contribution in [3.63, 3.8) is 0 Å². The Morgan fingerprint density at radius 2 is 0.688 bits per heavy atom. The minimum atomic E-state index is 0.527. The van der Waals surface area contributed by atoms with Crippen molar-refractivity contribution in [3.8, 4) is 0 Å². The van der Waals surface area contributed by atoms with E-state index in [1.54, 1.807) is 38.5 Å². The molecule has 0 saturated heterocycles. The van der Waals surface area contributed by atoms with Gasteiger partial charge in [-0.25, -0.2) is 0 Å². The van der Waals surface area contributed by atoms with Crippen LogP contribution in [0.25, 0.3) is 0 Å². The Kier molecular flexibility index (Phi) is 3.31. The van der Waals surface area contributed by atoms with E-state index in [4.69, 9.17) is 7.85 Å². The Hall–Kier alpha value is 0.0649. The summed E-state index contributed by atoms with van der Waals surface area (Å²) in [6.07, 6.45) is 14.7. The van der Waals surface area contributed by atoms with Crippen LogP contribution >= 0.6 is 0 Å². The van der Waals surface area contributed by atoms with Gasteiger partial charge in [-0.2, -0.15) is 0 Å². The van der Waals surface area contributed by atoms with Crippen LogP contribution in [-0.4, -0.2) is 7.85 Å². The molecule has 3 fully saturated rings. The first-order valence-electron chi connectivity index (χ1n) is 7.58. The van der Waals surface area contributed by atoms with Gasteiger partial charge in [-0.3, -0.25) is 0 Å². The molecule has 1 heteroatoms. The summed E-state index contributed by atoms with van der Waals surface area (Å²) in [6, 6.07) is 0. The predicted molar refractivity (Wildman–Crippen MR) is 69.6 cm³/mol. The fourth-order valence-corrected chi connectivity index (χ4v) is 4.27. The van der Waals surface area contributed by atoms with E-state index in [0.717, 1.165) is 23.7 Å². The third-order valence-electron chi connectivity index (χ3n) is 5.59. The van der Waals surface area contributed by atoms with Crippen LogP contribution in [0.4, 0.5) is 0 Å². The molecule has 0 aromatic carbocycles. The lowest BCUT2D eigenvalue weighted by molar-refractivity contribution is 0.159. The summed E-state index contributed by atoms with van der Waals surface area (Å²) in [6.45, 7) is 0. The van der Waals surface area contributed by atoms with Gasteiger partial charge in [0.2, 0.25) is 0 Å². The van der Waals surface area contributed by atoms with Gasteiger partial charge in [-0.05, 0) is 62.2 Å². The Labute approximate surface area is 102 Å². The van der Waals surface area contributed by atoms with Gasteiger partial charge in [0, 0.05) is 0 Å². The maximum Gasteiger partial charge on any atom is 0.0699 e. The molecule has 0 amide bonds. The largest absolute Gasteiger partial charge is 0.0774 e. The smallest absolute Gasteiger partial charge is 0.0699 e. The summed E-state index contributed by atoms with van der Waals surface area (Å²) >= 11 is 0. The lowest BCUT2D eigenvalue weighted by Crippen LogP contribution is -2.25. The molecular formula is C15H25B. The molecule has 88 valence electrons. The van der Waals surface area contributed by atoms with Gasteiger partial charge in [0.25, 0.3) is 0 Å². The van der Waals surface area contributed by atoms with Crippen LogP contribution in [0, 0.1) is 23.7 Å². The summed E-state index contributed by atoms with van der Waals surface area (Å²) in [4.78, 5) is 0. The van der Waals surface area contributed by atoms with Crippen molar-refractivity contribution < 1.29 is 0 Å². The third kappa shape index (κ3) is 2.49. The molecule has 0 aliphatic heterocycles. The van der Waals surface area contributed by atoms with E-state index in [1.807, 2.05) is 0 Å². The van der Waals surface area contributed by atoms with Gasteiger partial charge in [-0.1, -0.05) is 31.5 Å². The summed E-state index contributed by atoms with van der Waals surface area (Å²) in [5.41, 5.74) is 0. The first-order valence-corrected chi connectivity index (χ1v) is 7.58. The Bertz CT molecular complexity index is 218. The molecule has 0 aromatic rings. The van der Waals surface area contributed by atoms with E-state index < -0.39 is 0 Å². The molecule has 0 atom stereocenters. The molecule has 0 unspecified atom stereocenters. The van der Waals surface area contributed by atoms with Gasteiger partial charge < -0.3 is 0 Å². The molecule has 3 saturated carbocycles. The van der Waals surface area contributed by atoms with Crippen molar-refractivity contribution in [3.05, 3.63) is 0 Å². The molecule has 0 spiro atoms. The molecule has 0 aromatic heterocycles. The van der Waals surface area contributed by atoms with Gasteiger partial charge in [0.05, 0.1) is 7.85 Å². The monoisotopic (exact) mass is 216 g/mol. The van der Waals surface area contributed by atoms with E-state index in [1.165, 1.54) is 25.7 Å². The molecular weight excluding hydrogens is 191 g/mol. The van der Waals surface area contributed by atoms with Gasteiger partial charge in [0.1, 0.15) is 0 Å². The number of rotatable bonds is 2. The minimum absolute atomic E-state index is 0.527. The highest BCUT2D eigenvalue weighted by molar-refractivity contribution is 6.11. The maximum atomic E-state index is 6.00. The zero-order chi connectivity index (χ0) is 11.0. The molecule has 3 rings (SSSR count). The van der Waals surface area contributed by atoms with Crippen LogP contribution in [0.3, 0.4) is 0 Å². The molecule has 0 bridgehead atoms. The van der Waals surface area contributed by atoms with Crippen molar-refractivity contribution in [2.45, 2.75) is 70.0 Å². The molecule has 0 N–H and O–H groups in total. The zero-order valence-corrected chi connectivity index (χ0v) is 10.5. The second-order valence-corrected chi connectivity index (χ2v) is 6.69. The second-order valence-electron chi connectivity index (χ2n) is 6.69. The van der Waals surface area contributed by atoms with Crippen molar-refractivity contribution in [2.24, 2.45) is 23.7 Å². The van der Waals surface area contributed by atoms with Gasteiger partial charge in [-0.15, -0.1) is 0 Å². The fourth-order valence-electron chi connectivity index (χ4n) is 4.27. The van der Waals surface area contributed by atoms with Crippen LogP contribution in [0.5, 0.6) is 0 Å². The maximum absolute atomic E-state index is 6.00. The van der Waals surface area contributed by atoms with Crippen molar-refractivity contribution in [1.29, 1.82) is 0 Å². The normalized spacial score (nSPS) is 45.5. The Balaban J connectivity index is 1.46. The molecule has 2 radical (unpaired) electrons. The van der Waals surface area contributed by atoms with Gasteiger partial charge >= 0.3 is 0 Å². The number of hydrogen-bond acceptors (Lipinski definition) is 0. The topological polar surface area (TPSA) is 0 Å². The minimum Gasteiger partial charge on any atom is -0.0774 e. The van der Waals surface area contributed by atoms with Crippen LogP contribution < -0.4 is 0 Å². The van der Waals surface area contributed by atoms with E-state index in [9.17, 15) is 0 Å². The van der Waals surface area contributed by atoms with Crippen molar-refractivity contribution in [2.75, 3.05) is 0 Å². The first-order chi connectivity index (χ1) is 7.83. The molecule has 16 heavy (non-hydrogen) atoms. The summed E-state index contributed by atoms with van der Waals surface area (Å²) in [7, 11) is 6.00. The molecule has 3 aliphatic rings. The van der Waals surface area contributed by atoms with E-state index >= 15 is 0 Å². The Morgan fingerprint density at radius 1 is 0.438 bits per heavy atom. The lowest BCUT2D eigenvalue weighted by atomic mass is 9.65. The third-order valence-corrected chi connectivity index (χ3v) is 5.59. The van der Waals surface area contributed by atoms with Crippen LogP contribution in [0.1, 0.15) is 64.2 Å². The van der Waals surface area contributed by atoms with E-state index in [2.05, 4.69) is 0 Å². The zero-order valence-electron chi connectivity index (χ0n) is 10.5. The SMILES string of the molecule is [B]C1CCC(C2CCC(C3CC3)CC2)CC1. The van der Waals surface area contributed by atoms with E-state index in [0.29, 0.717) is 5.82 Å². The first kappa shape index (κ1) is 11.2. The highest BCUT2D eigenvalue weighted by Gasteiger charge is 2.36. The summed E-state index contributed by atoms with van der Waals surface area (Å²) in [5.74, 6) is 4.92. The quantitative estimate of drug-likeness (QED) is 0.602. The highest BCUT2D eigenvalue weighted by Crippen LogP contribution is 2.48. The highest BCUT2D eigenvalue weighted by atomic mass is 14.4. The van der Waals surface area contributed by atoms with Gasteiger partial charge in [0.15, 0.2) is 0 Å². The van der Waals surface area contributed by atoms with Crippen molar-refractivity contribution >= 4 is 7.85 Å². The molecule has 0 heterocycles. The standard InChI is InChI=1S/C15H25B/c16-15-9-7-14(8-10-15)13-5-3-12(4-6-13)11-1-2-11/h11-15H,1-10H2. The fraction of sp³-hybridized carbons (Fsp3) is 1.00. The summed E-state index contributed by atoms with van der Waals surface area (Å²) in [5, 5.41) is 0. The Morgan fingerprint density at radius 3 is 1.00 bits per heavy atom. The average Bonchev–Trinajstić information content (AvgIpc) is 3.14. The van der Waals surface area contributed by atoms with Crippen LogP contribution in [-0.2, 0) is 0 Å². The summed E-state index contributed by atoms with van der Waals surface area (Å²) < 4.78 is 0. The van der Waals surface area contributed by atoms with Crippen molar-refractivity contribution in [1.82, 2.24) is 0 Å². The molecule has 3 aliphatic carbocycles.